The predicted molar refractivity (Wildman–Crippen MR) is 133 cm³/mol. The Morgan fingerprint density at radius 1 is 0.944 bits per heavy atom. The number of nitro groups is 1. The zero-order valence-corrected chi connectivity index (χ0v) is 19.6. The van der Waals surface area contributed by atoms with Crippen molar-refractivity contribution in [2.75, 3.05) is 13.2 Å². The van der Waals surface area contributed by atoms with E-state index in [-0.39, 0.29) is 29.2 Å². The summed E-state index contributed by atoms with van der Waals surface area (Å²) in [5.74, 6) is -0.779. The fourth-order valence-corrected chi connectivity index (χ4v) is 3.26. The number of carbonyl (C=O) groups excluding carboxylic acids is 1. The molecule has 36 heavy (non-hydrogen) atoms. The van der Waals surface area contributed by atoms with Crippen LogP contribution in [-0.2, 0) is 4.79 Å². The molecule has 0 aromatic heterocycles. The summed E-state index contributed by atoms with van der Waals surface area (Å²) in [6.45, 7) is 6.15. The summed E-state index contributed by atoms with van der Waals surface area (Å²) in [6, 6.07) is 17.6. The number of nitro benzene ring substituents is 1. The van der Waals surface area contributed by atoms with Gasteiger partial charge in [-0.15, -0.1) is 0 Å². The third-order valence-corrected chi connectivity index (χ3v) is 5.14. The molecule has 0 saturated heterocycles. The van der Waals surface area contributed by atoms with E-state index in [0.717, 1.165) is 5.56 Å². The maximum Gasteiger partial charge on any atom is 0.343 e. The average Bonchev–Trinajstić information content (AvgIpc) is 2.87. The van der Waals surface area contributed by atoms with Gasteiger partial charge in [0.15, 0.2) is 0 Å². The first kappa shape index (κ1) is 26.0. The minimum atomic E-state index is -1.04. The van der Waals surface area contributed by atoms with Crippen molar-refractivity contribution in [3.05, 3.63) is 94.6 Å². The molecule has 9 nitrogen and oxygen atoms in total. The largest absolute Gasteiger partial charge is 0.494 e. The second kappa shape index (κ2) is 12.2. The van der Waals surface area contributed by atoms with Crippen LogP contribution >= 0.6 is 0 Å². The van der Waals surface area contributed by atoms with Crippen molar-refractivity contribution < 1.29 is 33.8 Å². The average molecular weight is 491 g/mol. The lowest BCUT2D eigenvalue weighted by Crippen LogP contribution is -2.10. The molecule has 1 N–H and O–H groups in total. The number of benzene rings is 3. The number of carboxylic acid groups (broad SMARTS) is 1. The zero-order chi connectivity index (χ0) is 26.1. The zero-order valence-electron chi connectivity index (χ0n) is 19.6. The molecule has 0 atom stereocenters. The monoisotopic (exact) mass is 491 g/mol. The van der Waals surface area contributed by atoms with E-state index in [9.17, 15) is 19.7 Å². The summed E-state index contributed by atoms with van der Waals surface area (Å²) in [4.78, 5) is 34.4. The van der Waals surface area contributed by atoms with Crippen LogP contribution < -0.4 is 14.2 Å². The topological polar surface area (TPSA) is 125 Å². The fourth-order valence-electron chi connectivity index (χ4n) is 3.26. The Morgan fingerprint density at radius 3 is 2.17 bits per heavy atom. The molecule has 9 heteroatoms. The molecule has 186 valence electrons. The lowest BCUT2D eigenvalue weighted by molar-refractivity contribution is -0.385. The first-order chi connectivity index (χ1) is 17.3. The van der Waals surface area contributed by atoms with Gasteiger partial charge in [0, 0.05) is 11.6 Å². The predicted octanol–water partition coefficient (Wildman–Crippen LogP) is 5.68. The highest BCUT2D eigenvalue weighted by molar-refractivity contribution is 5.92. The molecule has 0 spiro atoms. The van der Waals surface area contributed by atoms with Crippen LogP contribution in [0.25, 0.3) is 11.1 Å². The molecule has 0 fully saturated rings. The van der Waals surface area contributed by atoms with E-state index in [1.165, 1.54) is 24.3 Å². The third-order valence-electron chi connectivity index (χ3n) is 5.14. The molecule has 0 radical (unpaired) electrons. The second-order valence-electron chi connectivity index (χ2n) is 7.67. The van der Waals surface area contributed by atoms with Crippen LogP contribution in [0, 0.1) is 10.1 Å². The molecule has 0 aliphatic heterocycles. The van der Waals surface area contributed by atoms with Crippen LogP contribution in [0.15, 0.2) is 78.9 Å². The molecular formula is C27H25NO8. The summed E-state index contributed by atoms with van der Waals surface area (Å²) >= 11 is 0. The van der Waals surface area contributed by atoms with Crippen molar-refractivity contribution in [2.24, 2.45) is 0 Å². The Kier molecular flexibility index (Phi) is 8.77. The number of ether oxygens (including phenoxy) is 3. The standard InChI is InChI=1S/C27H25NO8/c1-3-34-22-11-6-19(7-12-22)21-10-15-25(24(17-21)28(32)33)36-27(31)20-8-13-23(14-9-20)35-16-4-5-18(2)26(29)30/h6-15,17H,2-5,16H2,1H3,(H,29,30). The van der Waals surface area contributed by atoms with E-state index < -0.39 is 16.9 Å². The first-order valence-corrected chi connectivity index (χ1v) is 11.2. The Balaban J connectivity index is 1.65. The van der Waals surface area contributed by atoms with E-state index in [2.05, 4.69) is 6.58 Å². The van der Waals surface area contributed by atoms with Crippen LogP contribution in [-0.4, -0.2) is 35.2 Å². The van der Waals surface area contributed by atoms with Gasteiger partial charge in [0.1, 0.15) is 11.5 Å². The number of rotatable bonds is 12. The van der Waals surface area contributed by atoms with Gasteiger partial charge in [-0.3, -0.25) is 10.1 Å². The molecule has 0 unspecified atom stereocenters. The number of hydrogen-bond acceptors (Lipinski definition) is 7. The Morgan fingerprint density at radius 2 is 1.56 bits per heavy atom. The van der Waals surface area contributed by atoms with Gasteiger partial charge in [0.2, 0.25) is 5.75 Å². The van der Waals surface area contributed by atoms with Gasteiger partial charge < -0.3 is 19.3 Å². The highest BCUT2D eigenvalue weighted by Crippen LogP contribution is 2.33. The van der Waals surface area contributed by atoms with Crippen LogP contribution in [0.3, 0.4) is 0 Å². The number of aliphatic carboxylic acids is 1. The maximum atomic E-state index is 12.6. The van der Waals surface area contributed by atoms with E-state index in [4.69, 9.17) is 19.3 Å². The highest BCUT2D eigenvalue weighted by atomic mass is 16.6. The van der Waals surface area contributed by atoms with Crippen molar-refractivity contribution in [2.45, 2.75) is 19.8 Å². The van der Waals surface area contributed by atoms with Crippen LogP contribution in [0.2, 0.25) is 0 Å². The van der Waals surface area contributed by atoms with E-state index in [1.54, 1.807) is 42.5 Å². The normalized spacial score (nSPS) is 10.4. The SMILES string of the molecule is C=C(CCCOc1ccc(C(=O)Oc2ccc(-c3ccc(OCC)cc3)cc2[N+](=O)[O-])cc1)C(=O)O. The van der Waals surface area contributed by atoms with E-state index >= 15 is 0 Å². The molecule has 3 rings (SSSR count). The van der Waals surface area contributed by atoms with Gasteiger partial charge >= 0.3 is 17.6 Å². The van der Waals surface area contributed by atoms with Crippen LogP contribution in [0.1, 0.15) is 30.1 Å². The van der Waals surface area contributed by atoms with E-state index in [0.29, 0.717) is 36.5 Å². The van der Waals surface area contributed by atoms with Crippen LogP contribution in [0.5, 0.6) is 17.2 Å². The molecule has 0 aliphatic carbocycles. The smallest absolute Gasteiger partial charge is 0.343 e. The van der Waals surface area contributed by atoms with Gasteiger partial charge in [0.05, 0.1) is 23.7 Å². The quantitative estimate of drug-likeness (QED) is 0.0857. The molecule has 0 bridgehead atoms. The lowest BCUT2D eigenvalue weighted by atomic mass is 10.0. The summed E-state index contributed by atoms with van der Waals surface area (Å²) in [5, 5.41) is 20.5. The molecule has 3 aromatic carbocycles. The Labute approximate surface area is 207 Å². The molecule has 0 aliphatic rings. The summed E-state index contributed by atoms with van der Waals surface area (Å²) in [6.07, 6.45) is 0.779. The van der Waals surface area contributed by atoms with Gasteiger partial charge in [-0.2, -0.15) is 0 Å². The fraction of sp³-hybridized carbons (Fsp3) is 0.185. The summed E-state index contributed by atoms with van der Waals surface area (Å²) < 4.78 is 16.3. The number of hydrogen-bond donors (Lipinski definition) is 1. The van der Waals surface area contributed by atoms with Crippen molar-refractivity contribution in [3.8, 4) is 28.4 Å². The summed E-state index contributed by atoms with van der Waals surface area (Å²) in [5.41, 5.74) is 1.31. The number of nitrogens with zero attached hydrogens (tertiary/aromatic N) is 1. The van der Waals surface area contributed by atoms with Gasteiger partial charge in [-0.1, -0.05) is 24.8 Å². The first-order valence-electron chi connectivity index (χ1n) is 11.2. The van der Waals surface area contributed by atoms with Crippen LogP contribution in [0.4, 0.5) is 5.69 Å². The van der Waals surface area contributed by atoms with Gasteiger partial charge in [-0.05, 0) is 73.4 Å². The number of carbonyl (C=O) groups is 2. The minimum Gasteiger partial charge on any atom is -0.494 e. The summed E-state index contributed by atoms with van der Waals surface area (Å²) in [7, 11) is 0. The maximum absolute atomic E-state index is 12.6. The van der Waals surface area contributed by atoms with Gasteiger partial charge in [0.25, 0.3) is 0 Å². The second-order valence-corrected chi connectivity index (χ2v) is 7.67. The molecular weight excluding hydrogens is 466 g/mol. The highest BCUT2D eigenvalue weighted by Gasteiger charge is 2.20. The Bertz CT molecular complexity index is 1250. The van der Waals surface area contributed by atoms with Crippen molar-refractivity contribution in [3.63, 3.8) is 0 Å². The van der Waals surface area contributed by atoms with Crippen molar-refractivity contribution in [1.82, 2.24) is 0 Å². The van der Waals surface area contributed by atoms with E-state index in [1.807, 2.05) is 6.92 Å². The molecule has 3 aromatic rings. The lowest BCUT2D eigenvalue weighted by Gasteiger charge is -2.09. The Hall–Kier alpha value is -4.66. The molecule has 0 amide bonds. The van der Waals surface area contributed by atoms with Crippen molar-refractivity contribution in [1.29, 1.82) is 0 Å². The van der Waals surface area contributed by atoms with Gasteiger partial charge in [-0.25, -0.2) is 9.59 Å². The minimum absolute atomic E-state index is 0.110. The van der Waals surface area contributed by atoms with Crippen molar-refractivity contribution >= 4 is 17.6 Å². The molecule has 0 saturated carbocycles. The third kappa shape index (κ3) is 6.92. The number of carboxylic acids is 1. The molecule has 0 heterocycles. The number of esters is 1.